The molecule has 0 spiro atoms. The summed E-state index contributed by atoms with van der Waals surface area (Å²) in [6.45, 7) is -0.589. The third kappa shape index (κ3) is 4.40. The van der Waals surface area contributed by atoms with Crippen molar-refractivity contribution in [2.75, 3.05) is 11.6 Å². The summed E-state index contributed by atoms with van der Waals surface area (Å²) in [6.07, 6.45) is 3.23. The van der Waals surface area contributed by atoms with Gasteiger partial charge in [0.2, 0.25) is 10.0 Å². The van der Waals surface area contributed by atoms with Crippen LogP contribution in [0.4, 0.5) is 18.2 Å². The summed E-state index contributed by atoms with van der Waals surface area (Å²) in [5, 5.41) is 15.7. The third-order valence-electron chi connectivity index (χ3n) is 7.96. The van der Waals surface area contributed by atoms with Crippen molar-refractivity contribution < 1.29 is 39.9 Å². The molecule has 4 atom stereocenters. The molecule has 6 rings (SSSR count). The van der Waals surface area contributed by atoms with Crippen molar-refractivity contribution in [1.82, 2.24) is 9.62 Å². The first-order chi connectivity index (χ1) is 18.7. The number of sulfonamides is 2. The van der Waals surface area contributed by atoms with Crippen LogP contribution in [0.5, 0.6) is 0 Å². The summed E-state index contributed by atoms with van der Waals surface area (Å²) >= 11 is 0.961. The zero-order valence-corrected chi connectivity index (χ0v) is 23.3. The Labute approximate surface area is 231 Å². The molecular weight excluding hydrogens is 593 g/mol. The second-order valence-corrected chi connectivity index (χ2v) is 14.7. The van der Waals surface area contributed by atoms with Crippen LogP contribution < -0.4 is 10.0 Å². The second-order valence-electron chi connectivity index (χ2n) is 10.5. The van der Waals surface area contributed by atoms with E-state index in [9.17, 15) is 39.9 Å². The van der Waals surface area contributed by atoms with Gasteiger partial charge in [0.15, 0.2) is 23.3 Å². The molecule has 2 saturated carbocycles. The van der Waals surface area contributed by atoms with E-state index in [1.165, 1.54) is 10.3 Å². The highest BCUT2D eigenvalue weighted by Gasteiger charge is 2.57. The lowest BCUT2D eigenvalue weighted by Crippen LogP contribution is -2.53. The van der Waals surface area contributed by atoms with E-state index >= 15 is 0 Å². The number of nitrogens with zero attached hydrogens (tertiary/aromatic N) is 2. The second kappa shape index (κ2) is 9.29. The summed E-state index contributed by atoms with van der Waals surface area (Å²) < 4.78 is 97.1. The monoisotopic (exact) mass is 616 g/mol. The van der Waals surface area contributed by atoms with E-state index in [0.29, 0.717) is 6.42 Å². The molecule has 0 saturated heterocycles. The smallest absolute Gasteiger partial charge is 0.287 e. The first-order valence-electron chi connectivity index (χ1n) is 12.3. The average Bonchev–Trinajstić information content (AvgIpc) is 3.58. The summed E-state index contributed by atoms with van der Waals surface area (Å²) in [5.74, 6) is -6.42. The minimum absolute atomic E-state index is 0.00161. The first kappa shape index (κ1) is 27.2. The van der Waals surface area contributed by atoms with Crippen molar-refractivity contribution >= 4 is 48.1 Å². The van der Waals surface area contributed by atoms with Crippen LogP contribution in [0.25, 0.3) is 0 Å². The summed E-state index contributed by atoms with van der Waals surface area (Å²) in [5.41, 5.74) is -0.207. The maximum atomic E-state index is 14.0. The number of hydrogen-bond donors (Lipinski definition) is 3. The number of carbonyl (C=O) groups is 1. The van der Waals surface area contributed by atoms with Gasteiger partial charge in [0.1, 0.15) is 21.2 Å². The van der Waals surface area contributed by atoms with Crippen LogP contribution in [-0.4, -0.2) is 50.9 Å². The number of amidine groups is 1. The molecule has 40 heavy (non-hydrogen) atoms. The number of fused-ring (bicyclic) bond motifs is 6. The standard InChI is InChI=1S/C24H23F3N4O6S3/c1-39(34,35)28-7-13-9-38-23-21(13)40(36,37)30-22(29-23)17-20(32)16-11-2-3-12(6-11)19(16)31(24(17)33)8-10-4-14(25)18(27)15(26)5-10/h4-5,9,11-12,16,19,28,32H,2-3,6-8H2,1H3,(H,29,30). The number of amides is 1. The quantitative estimate of drug-likeness (QED) is 0.423. The third-order valence-corrected chi connectivity index (χ3v) is 11.1. The van der Waals surface area contributed by atoms with E-state index < -0.39 is 61.2 Å². The van der Waals surface area contributed by atoms with Crippen LogP contribution in [-0.2, 0) is 37.9 Å². The van der Waals surface area contributed by atoms with Gasteiger partial charge in [-0.05, 0) is 54.2 Å². The molecule has 2 aliphatic heterocycles. The van der Waals surface area contributed by atoms with Crippen LogP contribution >= 0.6 is 11.3 Å². The largest absolute Gasteiger partial charge is 0.511 e. The molecule has 3 N–H and O–H groups in total. The Morgan fingerprint density at radius 3 is 2.55 bits per heavy atom. The average molecular weight is 617 g/mol. The number of thiophene rings is 1. The molecule has 2 fully saturated rings. The van der Waals surface area contributed by atoms with Crippen molar-refractivity contribution in [2.24, 2.45) is 22.2 Å². The van der Waals surface area contributed by atoms with E-state index in [1.807, 2.05) is 0 Å². The summed E-state index contributed by atoms with van der Waals surface area (Å²) in [7, 11) is -8.04. The Kier molecular flexibility index (Phi) is 6.32. The van der Waals surface area contributed by atoms with Gasteiger partial charge in [-0.3, -0.25) is 4.79 Å². The van der Waals surface area contributed by atoms with Crippen LogP contribution in [0.2, 0.25) is 0 Å². The fourth-order valence-corrected chi connectivity index (χ4v) is 9.46. The van der Waals surface area contributed by atoms with Crippen molar-refractivity contribution in [1.29, 1.82) is 0 Å². The Balaban J connectivity index is 1.40. The maximum Gasteiger partial charge on any atom is 0.287 e. The van der Waals surface area contributed by atoms with Gasteiger partial charge < -0.3 is 15.3 Å². The molecule has 2 aliphatic carbocycles. The molecule has 214 valence electrons. The molecule has 4 unspecified atom stereocenters. The summed E-state index contributed by atoms with van der Waals surface area (Å²) in [4.78, 5) is 15.0. The lowest BCUT2D eigenvalue weighted by molar-refractivity contribution is -0.134. The van der Waals surface area contributed by atoms with Gasteiger partial charge >= 0.3 is 0 Å². The topological polar surface area (TPSA) is 145 Å². The maximum absolute atomic E-state index is 14.0. The fourth-order valence-electron chi connectivity index (χ4n) is 6.43. The Hall–Kier alpha value is -2.95. The van der Waals surface area contributed by atoms with E-state index in [0.717, 1.165) is 42.6 Å². The fraction of sp³-hybridized carbons (Fsp3) is 0.417. The SMILES string of the molecule is CS(=O)(=O)NCc1csc2c1S(=O)(=O)N=C(C1=C(O)C3C4CCC(C4)C3N(Cc3cc(F)c(F)c(F)c3)C1=O)N2. The Morgan fingerprint density at radius 2 is 1.88 bits per heavy atom. The van der Waals surface area contributed by atoms with Gasteiger partial charge in [0.25, 0.3) is 15.9 Å². The van der Waals surface area contributed by atoms with Gasteiger partial charge in [-0.15, -0.1) is 15.7 Å². The van der Waals surface area contributed by atoms with Gasteiger partial charge in [-0.1, -0.05) is 0 Å². The molecule has 3 heterocycles. The van der Waals surface area contributed by atoms with Crippen LogP contribution in [0, 0.1) is 35.2 Å². The molecule has 16 heteroatoms. The van der Waals surface area contributed by atoms with Gasteiger partial charge in [0, 0.05) is 30.6 Å². The normalized spacial score (nSPS) is 26.9. The number of hydrogen-bond acceptors (Lipinski definition) is 8. The predicted octanol–water partition coefficient (Wildman–Crippen LogP) is 3.00. The van der Waals surface area contributed by atoms with E-state index in [4.69, 9.17) is 0 Å². The van der Waals surface area contributed by atoms with Crippen LogP contribution in [0.3, 0.4) is 0 Å². The molecule has 1 aromatic heterocycles. The number of nitrogens with one attached hydrogen (secondary N) is 2. The minimum atomic E-state index is -4.42. The van der Waals surface area contributed by atoms with E-state index in [1.54, 1.807) is 0 Å². The predicted molar refractivity (Wildman–Crippen MR) is 139 cm³/mol. The lowest BCUT2D eigenvalue weighted by Gasteiger charge is -2.44. The zero-order valence-electron chi connectivity index (χ0n) is 20.8. The number of aliphatic hydroxyl groups is 1. The highest BCUT2D eigenvalue weighted by atomic mass is 32.2. The van der Waals surface area contributed by atoms with Crippen molar-refractivity contribution in [3.63, 3.8) is 0 Å². The van der Waals surface area contributed by atoms with Crippen molar-refractivity contribution in [3.05, 3.63) is 57.4 Å². The zero-order chi connectivity index (χ0) is 28.7. The molecule has 10 nitrogen and oxygen atoms in total. The number of rotatable bonds is 6. The highest BCUT2D eigenvalue weighted by molar-refractivity contribution is 7.91. The van der Waals surface area contributed by atoms with Crippen molar-refractivity contribution in [3.8, 4) is 0 Å². The molecule has 4 aliphatic rings. The summed E-state index contributed by atoms with van der Waals surface area (Å²) in [6, 6.07) is 1.12. The molecule has 0 radical (unpaired) electrons. The van der Waals surface area contributed by atoms with Gasteiger partial charge in [0.05, 0.1) is 6.26 Å². The van der Waals surface area contributed by atoms with Crippen molar-refractivity contribution in [2.45, 2.75) is 43.3 Å². The van der Waals surface area contributed by atoms with Gasteiger partial charge in [-0.2, -0.15) is 8.42 Å². The van der Waals surface area contributed by atoms with E-state index in [2.05, 4.69) is 14.4 Å². The first-order valence-corrected chi connectivity index (χ1v) is 16.5. The number of aliphatic hydroxyl groups excluding tert-OH is 1. The van der Waals surface area contributed by atoms with Crippen LogP contribution in [0.15, 0.2) is 38.1 Å². The number of benzene rings is 1. The number of anilines is 1. The Morgan fingerprint density at radius 1 is 1.20 bits per heavy atom. The molecule has 2 aromatic rings. The molecular formula is C24H23F3N4O6S3. The number of carbonyl (C=O) groups excluding carboxylic acids is 1. The Bertz CT molecular complexity index is 1710. The molecule has 1 amide bonds. The minimum Gasteiger partial charge on any atom is -0.511 e. The van der Waals surface area contributed by atoms with E-state index in [-0.39, 0.29) is 57.3 Å². The molecule has 1 aromatic carbocycles. The van der Waals surface area contributed by atoms with Gasteiger partial charge in [-0.25, -0.2) is 26.3 Å². The van der Waals surface area contributed by atoms with Crippen LogP contribution in [0.1, 0.15) is 30.4 Å². The molecule has 2 bridgehead atoms. The number of halogens is 3. The lowest BCUT2D eigenvalue weighted by atomic mass is 9.77. The highest BCUT2D eigenvalue weighted by Crippen LogP contribution is 2.55.